The second-order valence-corrected chi connectivity index (χ2v) is 4.75. The molecule has 0 spiro atoms. The summed E-state index contributed by atoms with van der Waals surface area (Å²) in [7, 11) is 1.95. The van der Waals surface area contributed by atoms with Gasteiger partial charge in [-0.05, 0) is 18.6 Å². The van der Waals surface area contributed by atoms with Crippen LogP contribution < -0.4 is 5.32 Å². The average molecular weight is 269 g/mol. The molecule has 0 saturated carbocycles. The van der Waals surface area contributed by atoms with E-state index in [4.69, 9.17) is 10.00 Å². The second-order valence-electron chi connectivity index (χ2n) is 4.75. The predicted molar refractivity (Wildman–Crippen MR) is 72.9 cm³/mol. The van der Waals surface area contributed by atoms with Gasteiger partial charge in [-0.2, -0.15) is 5.26 Å². The number of imidazole rings is 1. The first kappa shape index (κ1) is 12.6. The van der Waals surface area contributed by atoms with E-state index in [1.807, 2.05) is 36.0 Å². The molecule has 0 aliphatic carbocycles. The monoisotopic (exact) mass is 269 g/mol. The largest absolute Gasteiger partial charge is 0.368 e. The molecule has 2 aromatic heterocycles. The van der Waals surface area contributed by atoms with Crippen molar-refractivity contribution in [2.24, 2.45) is 7.05 Å². The number of aromatic nitrogens is 3. The Labute approximate surface area is 117 Å². The molecule has 1 fully saturated rings. The third-order valence-electron chi connectivity index (χ3n) is 3.40. The van der Waals surface area contributed by atoms with Gasteiger partial charge >= 0.3 is 0 Å². The van der Waals surface area contributed by atoms with Crippen LogP contribution in [0.15, 0.2) is 30.6 Å². The van der Waals surface area contributed by atoms with Gasteiger partial charge in [-0.15, -0.1) is 0 Å². The maximum atomic E-state index is 8.88. The Bertz CT molecular complexity index is 645. The lowest BCUT2D eigenvalue weighted by Gasteiger charge is -2.20. The van der Waals surface area contributed by atoms with Crippen molar-refractivity contribution < 1.29 is 4.74 Å². The van der Waals surface area contributed by atoms with E-state index in [9.17, 15) is 0 Å². The Balaban J connectivity index is 1.79. The summed E-state index contributed by atoms with van der Waals surface area (Å²) in [5, 5.41) is 12.2. The van der Waals surface area contributed by atoms with E-state index in [0.717, 1.165) is 12.2 Å². The van der Waals surface area contributed by atoms with Crippen LogP contribution in [0.5, 0.6) is 0 Å². The van der Waals surface area contributed by atoms with E-state index in [1.54, 1.807) is 12.3 Å². The van der Waals surface area contributed by atoms with Gasteiger partial charge in [-0.3, -0.25) is 0 Å². The zero-order valence-electron chi connectivity index (χ0n) is 11.2. The molecule has 1 N–H and O–H groups in total. The minimum Gasteiger partial charge on any atom is -0.368 e. The molecule has 102 valence electrons. The lowest BCUT2D eigenvalue weighted by Crippen LogP contribution is -2.25. The van der Waals surface area contributed by atoms with Gasteiger partial charge in [0.25, 0.3) is 0 Å². The van der Waals surface area contributed by atoms with Crippen LogP contribution in [0.3, 0.4) is 0 Å². The van der Waals surface area contributed by atoms with E-state index in [-0.39, 0.29) is 12.1 Å². The van der Waals surface area contributed by atoms with Crippen LogP contribution in [-0.4, -0.2) is 27.2 Å². The number of aryl methyl sites for hydroxylation is 1. The van der Waals surface area contributed by atoms with Crippen molar-refractivity contribution in [1.29, 1.82) is 5.26 Å². The molecule has 3 heterocycles. The van der Waals surface area contributed by atoms with Crippen molar-refractivity contribution in [2.45, 2.75) is 18.6 Å². The number of hydrogen-bond acceptors (Lipinski definition) is 5. The van der Waals surface area contributed by atoms with E-state index in [0.29, 0.717) is 18.1 Å². The van der Waals surface area contributed by atoms with E-state index in [1.165, 1.54) is 0 Å². The Morgan fingerprint density at radius 1 is 1.50 bits per heavy atom. The predicted octanol–water partition coefficient (Wildman–Crippen LogP) is 1.63. The lowest BCUT2D eigenvalue weighted by atomic mass is 10.1. The highest BCUT2D eigenvalue weighted by Gasteiger charge is 2.32. The molecule has 0 aromatic carbocycles. The molecule has 6 heteroatoms. The van der Waals surface area contributed by atoms with Crippen LogP contribution >= 0.6 is 0 Å². The summed E-state index contributed by atoms with van der Waals surface area (Å²) < 4.78 is 7.74. The molecular weight excluding hydrogens is 254 g/mol. The minimum atomic E-state index is -0.0949. The third kappa shape index (κ3) is 2.36. The SMILES string of the molecule is Cn1ccnc1[C@H]1OCC[C@@H]1Nc1cccc(C#N)n1. The number of pyridine rings is 1. The Morgan fingerprint density at radius 3 is 3.15 bits per heavy atom. The van der Waals surface area contributed by atoms with Crippen LogP contribution in [0.1, 0.15) is 24.0 Å². The van der Waals surface area contributed by atoms with E-state index < -0.39 is 0 Å². The number of hydrogen-bond donors (Lipinski definition) is 1. The Kier molecular flexibility index (Phi) is 3.35. The fourth-order valence-electron chi connectivity index (χ4n) is 2.41. The number of ether oxygens (including phenoxy) is 1. The second kappa shape index (κ2) is 5.31. The molecule has 1 aliphatic rings. The van der Waals surface area contributed by atoms with Gasteiger partial charge in [-0.1, -0.05) is 6.07 Å². The first-order chi connectivity index (χ1) is 9.78. The summed E-state index contributed by atoms with van der Waals surface area (Å²) in [6.07, 6.45) is 4.46. The fourth-order valence-corrected chi connectivity index (χ4v) is 2.41. The van der Waals surface area contributed by atoms with Crippen LogP contribution in [0.4, 0.5) is 5.82 Å². The maximum Gasteiger partial charge on any atom is 0.142 e. The standard InChI is InChI=1S/C14H15N5O/c1-19-7-6-16-14(19)13-11(5-8-20-13)18-12-4-2-3-10(9-15)17-12/h2-4,6-7,11,13H,5,8H2,1H3,(H,17,18)/t11-,13-/m0/s1. The summed E-state index contributed by atoms with van der Waals surface area (Å²) >= 11 is 0. The van der Waals surface area contributed by atoms with Crippen LogP contribution in [0, 0.1) is 11.3 Å². The summed E-state index contributed by atoms with van der Waals surface area (Å²) in [4.78, 5) is 8.59. The fraction of sp³-hybridized carbons (Fsp3) is 0.357. The van der Waals surface area contributed by atoms with Gasteiger partial charge in [0.05, 0.1) is 6.04 Å². The lowest BCUT2D eigenvalue weighted by molar-refractivity contribution is 0.0983. The van der Waals surface area contributed by atoms with Gasteiger partial charge in [0.2, 0.25) is 0 Å². The van der Waals surface area contributed by atoms with Crippen LogP contribution in [-0.2, 0) is 11.8 Å². The van der Waals surface area contributed by atoms with Crippen molar-refractivity contribution >= 4 is 5.82 Å². The van der Waals surface area contributed by atoms with Crippen LogP contribution in [0.2, 0.25) is 0 Å². The topological polar surface area (TPSA) is 75.8 Å². The summed E-state index contributed by atoms with van der Waals surface area (Å²) in [5.74, 6) is 1.59. The Hall–Kier alpha value is -2.39. The average Bonchev–Trinajstić information content (AvgIpc) is 3.07. The molecule has 2 atom stereocenters. The number of rotatable bonds is 3. The number of nitrogens with one attached hydrogen (secondary N) is 1. The third-order valence-corrected chi connectivity index (χ3v) is 3.40. The molecule has 1 aliphatic heterocycles. The van der Waals surface area contributed by atoms with Gasteiger partial charge < -0.3 is 14.6 Å². The van der Waals surface area contributed by atoms with Crippen molar-refractivity contribution in [3.05, 3.63) is 42.1 Å². The molecule has 6 nitrogen and oxygen atoms in total. The van der Waals surface area contributed by atoms with Gasteiger partial charge in [0.15, 0.2) is 0 Å². The molecule has 0 radical (unpaired) electrons. The normalized spacial score (nSPS) is 21.6. The highest BCUT2D eigenvalue weighted by Crippen LogP contribution is 2.29. The zero-order chi connectivity index (χ0) is 13.9. The van der Waals surface area contributed by atoms with Crippen LogP contribution in [0.25, 0.3) is 0 Å². The maximum absolute atomic E-state index is 8.88. The molecule has 0 amide bonds. The molecular formula is C14H15N5O. The van der Waals surface area contributed by atoms with Gasteiger partial charge in [0.1, 0.15) is 29.5 Å². The first-order valence-electron chi connectivity index (χ1n) is 6.50. The molecule has 0 bridgehead atoms. The molecule has 20 heavy (non-hydrogen) atoms. The summed E-state index contributed by atoms with van der Waals surface area (Å²) in [6, 6.07) is 7.51. The minimum absolute atomic E-state index is 0.0949. The van der Waals surface area contributed by atoms with Crippen molar-refractivity contribution in [3.63, 3.8) is 0 Å². The quantitative estimate of drug-likeness (QED) is 0.916. The Morgan fingerprint density at radius 2 is 2.40 bits per heavy atom. The van der Waals surface area contributed by atoms with Crippen molar-refractivity contribution in [3.8, 4) is 6.07 Å². The zero-order valence-corrected chi connectivity index (χ0v) is 11.2. The van der Waals surface area contributed by atoms with E-state index in [2.05, 4.69) is 15.3 Å². The first-order valence-corrected chi connectivity index (χ1v) is 6.50. The molecule has 2 aromatic rings. The molecule has 0 unspecified atom stereocenters. The van der Waals surface area contributed by atoms with Crippen molar-refractivity contribution in [1.82, 2.24) is 14.5 Å². The number of nitriles is 1. The highest BCUT2D eigenvalue weighted by molar-refractivity contribution is 5.40. The molecule has 1 saturated heterocycles. The van der Waals surface area contributed by atoms with Crippen molar-refractivity contribution in [2.75, 3.05) is 11.9 Å². The van der Waals surface area contributed by atoms with Gasteiger partial charge in [-0.25, -0.2) is 9.97 Å². The summed E-state index contributed by atoms with van der Waals surface area (Å²) in [6.45, 7) is 0.688. The number of nitrogens with zero attached hydrogens (tertiary/aromatic N) is 4. The molecule has 3 rings (SSSR count). The highest BCUT2D eigenvalue weighted by atomic mass is 16.5. The number of anilines is 1. The summed E-state index contributed by atoms with van der Waals surface area (Å²) in [5.41, 5.74) is 0.405. The van der Waals surface area contributed by atoms with Gasteiger partial charge in [0, 0.05) is 26.0 Å². The smallest absolute Gasteiger partial charge is 0.142 e. The van der Waals surface area contributed by atoms with E-state index >= 15 is 0 Å².